The molecule has 0 bridgehead atoms. The van der Waals surface area contributed by atoms with E-state index in [1.807, 2.05) is 37.3 Å². The number of ether oxygens (including phenoxy) is 1. The zero-order valence-electron chi connectivity index (χ0n) is 15.2. The normalized spacial score (nSPS) is 10.4. The van der Waals surface area contributed by atoms with Crippen LogP contribution in [0.15, 0.2) is 51.5 Å². The van der Waals surface area contributed by atoms with Gasteiger partial charge in [0, 0.05) is 15.7 Å². The molecule has 0 aliphatic rings. The number of nitrogens with zero attached hydrogens (tertiary/aromatic N) is 2. The molecule has 0 fully saturated rings. The fourth-order valence-corrected chi connectivity index (χ4v) is 2.98. The van der Waals surface area contributed by atoms with E-state index in [1.165, 1.54) is 7.11 Å². The molecule has 3 rings (SSSR count). The van der Waals surface area contributed by atoms with Gasteiger partial charge in [0.2, 0.25) is 11.7 Å². The highest BCUT2D eigenvalue weighted by Crippen LogP contribution is 2.20. The zero-order valence-corrected chi connectivity index (χ0v) is 17.6. The number of benzene rings is 2. The Hall–Kier alpha value is -2.78. The fourth-order valence-electron chi connectivity index (χ4n) is 2.40. The SMILES string of the molecule is COC(=O)c1ccc(C)c(NC(=S)NCc2nc(-c3cccc(Br)c3)no2)c1. The minimum absolute atomic E-state index is 0.266. The maximum Gasteiger partial charge on any atom is 0.337 e. The van der Waals surface area contributed by atoms with Crippen molar-refractivity contribution in [1.29, 1.82) is 0 Å². The van der Waals surface area contributed by atoms with Gasteiger partial charge in [-0.05, 0) is 49.0 Å². The second-order valence-corrected chi connectivity index (χ2v) is 7.17. The summed E-state index contributed by atoms with van der Waals surface area (Å²) >= 11 is 8.73. The van der Waals surface area contributed by atoms with Gasteiger partial charge in [-0.1, -0.05) is 39.3 Å². The molecule has 1 heterocycles. The van der Waals surface area contributed by atoms with E-state index in [1.54, 1.807) is 12.1 Å². The summed E-state index contributed by atoms with van der Waals surface area (Å²) in [4.78, 5) is 16.0. The van der Waals surface area contributed by atoms with Crippen molar-refractivity contribution in [2.45, 2.75) is 13.5 Å². The van der Waals surface area contributed by atoms with Crippen LogP contribution in [0.5, 0.6) is 0 Å². The average Bonchev–Trinajstić information content (AvgIpc) is 3.16. The van der Waals surface area contributed by atoms with E-state index in [4.69, 9.17) is 21.5 Å². The number of hydrogen-bond donors (Lipinski definition) is 2. The lowest BCUT2D eigenvalue weighted by Crippen LogP contribution is -2.28. The fraction of sp³-hybridized carbons (Fsp3) is 0.158. The Morgan fingerprint density at radius 1 is 1.29 bits per heavy atom. The van der Waals surface area contributed by atoms with Crippen molar-refractivity contribution in [3.63, 3.8) is 0 Å². The second-order valence-electron chi connectivity index (χ2n) is 5.85. The molecule has 28 heavy (non-hydrogen) atoms. The average molecular weight is 461 g/mol. The van der Waals surface area contributed by atoms with E-state index < -0.39 is 5.97 Å². The van der Waals surface area contributed by atoms with Gasteiger partial charge in [0.15, 0.2) is 5.11 Å². The van der Waals surface area contributed by atoms with Gasteiger partial charge in [0.1, 0.15) is 0 Å². The maximum atomic E-state index is 11.7. The van der Waals surface area contributed by atoms with Gasteiger partial charge in [0.05, 0.1) is 19.2 Å². The third-order valence-corrected chi connectivity index (χ3v) is 4.60. The molecule has 2 aromatic carbocycles. The van der Waals surface area contributed by atoms with Crippen LogP contribution >= 0.6 is 28.1 Å². The minimum atomic E-state index is -0.409. The summed E-state index contributed by atoms with van der Waals surface area (Å²) in [5.41, 5.74) is 2.93. The molecule has 1 aromatic heterocycles. The number of esters is 1. The van der Waals surface area contributed by atoms with Gasteiger partial charge in [-0.15, -0.1) is 0 Å². The summed E-state index contributed by atoms with van der Waals surface area (Å²) in [7, 11) is 1.34. The minimum Gasteiger partial charge on any atom is -0.465 e. The molecule has 0 saturated carbocycles. The highest BCUT2D eigenvalue weighted by atomic mass is 79.9. The number of hydrogen-bond acceptors (Lipinski definition) is 6. The first-order chi connectivity index (χ1) is 13.5. The number of anilines is 1. The van der Waals surface area contributed by atoms with E-state index in [-0.39, 0.29) is 6.54 Å². The van der Waals surface area contributed by atoms with Crippen LogP contribution in [-0.2, 0) is 11.3 Å². The first-order valence-corrected chi connectivity index (χ1v) is 9.48. The molecule has 0 spiro atoms. The van der Waals surface area contributed by atoms with E-state index >= 15 is 0 Å². The van der Waals surface area contributed by atoms with Crippen molar-refractivity contribution in [2.75, 3.05) is 12.4 Å². The Balaban J connectivity index is 1.62. The highest BCUT2D eigenvalue weighted by molar-refractivity contribution is 9.10. The van der Waals surface area contributed by atoms with Crippen molar-refractivity contribution >= 4 is 44.9 Å². The molecule has 9 heteroatoms. The first kappa shape index (κ1) is 20.0. The van der Waals surface area contributed by atoms with Crippen LogP contribution in [-0.4, -0.2) is 28.3 Å². The molecule has 2 N–H and O–H groups in total. The molecular formula is C19H17BrN4O3S. The van der Waals surface area contributed by atoms with Gasteiger partial charge in [-0.3, -0.25) is 0 Å². The molecule has 0 unspecified atom stereocenters. The second kappa shape index (κ2) is 8.94. The Bertz CT molecular complexity index is 1020. The zero-order chi connectivity index (χ0) is 20.1. The van der Waals surface area contributed by atoms with Gasteiger partial charge in [0.25, 0.3) is 0 Å². The quantitative estimate of drug-likeness (QED) is 0.434. The van der Waals surface area contributed by atoms with Crippen molar-refractivity contribution < 1.29 is 14.1 Å². The maximum absolute atomic E-state index is 11.7. The van der Waals surface area contributed by atoms with Crippen LogP contribution in [0.1, 0.15) is 21.8 Å². The molecule has 7 nitrogen and oxygen atoms in total. The number of thiocarbonyl (C=S) groups is 1. The summed E-state index contributed by atoms with van der Waals surface area (Å²) in [6.45, 7) is 2.18. The van der Waals surface area contributed by atoms with E-state index in [2.05, 4.69) is 36.7 Å². The number of carbonyl (C=O) groups excluding carboxylic acids is 1. The van der Waals surface area contributed by atoms with Crippen LogP contribution in [0.2, 0.25) is 0 Å². The van der Waals surface area contributed by atoms with Crippen LogP contribution in [0, 0.1) is 6.92 Å². The number of aryl methyl sites for hydroxylation is 1. The summed E-state index contributed by atoms with van der Waals surface area (Å²) in [6, 6.07) is 12.8. The predicted octanol–water partition coefficient (Wildman–Crippen LogP) is 4.08. The number of methoxy groups -OCH3 is 1. The van der Waals surface area contributed by atoms with Crippen LogP contribution in [0.3, 0.4) is 0 Å². The standard InChI is InChI=1S/C19H17BrN4O3S/c1-11-6-7-13(18(25)26-2)9-15(11)22-19(28)21-10-16-23-17(24-27-16)12-4-3-5-14(20)8-12/h3-9H,10H2,1-2H3,(H2,21,22,28). The molecule has 3 aromatic rings. The Kier molecular flexibility index (Phi) is 6.37. The molecule has 0 saturated heterocycles. The number of aromatic nitrogens is 2. The summed E-state index contributed by atoms with van der Waals surface area (Å²) in [6.07, 6.45) is 0. The largest absolute Gasteiger partial charge is 0.465 e. The third kappa shape index (κ3) is 4.93. The Labute approximate surface area is 175 Å². The predicted molar refractivity (Wildman–Crippen MR) is 113 cm³/mol. The molecule has 0 radical (unpaired) electrons. The van der Waals surface area contributed by atoms with Crippen molar-refractivity contribution in [1.82, 2.24) is 15.5 Å². The Morgan fingerprint density at radius 3 is 2.86 bits per heavy atom. The van der Waals surface area contributed by atoms with Crippen molar-refractivity contribution in [3.05, 3.63) is 64.0 Å². The molecule has 0 aliphatic carbocycles. The molecule has 144 valence electrons. The van der Waals surface area contributed by atoms with Crippen LogP contribution in [0.4, 0.5) is 5.69 Å². The van der Waals surface area contributed by atoms with Gasteiger partial charge >= 0.3 is 5.97 Å². The number of halogens is 1. The molecule has 0 aliphatic heterocycles. The summed E-state index contributed by atoms with van der Waals surface area (Å²) in [5, 5.41) is 10.4. The molecule has 0 amide bonds. The van der Waals surface area contributed by atoms with Gasteiger partial charge < -0.3 is 19.9 Å². The van der Waals surface area contributed by atoms with Gasteiger partial charge in [-0.2, -0.15) is 4.98 Å². The lowest BCUT2D eigenvalue weighted by atomic mass is 10.1. The topological polar surface area (TPSA) is 89.3 Å². The smallest absolute Gasteiger partial charge is 0.337 e. The first-order valence-electron chi connectivity index (χ1n) is 8.28. The van der Waals surface area contributed by atoms with Crippen LogP contribution in [0.25, 0.3) is 11.4 Å². The van der Waals surface area contributed by atoms with Crippen molar-refractivity contribution in [2.24, 2.45) is 0 Å². The van der Waals surface area contributed by atoms with E-state index in [0.717, 1.165) is 15.6 Å². The molecule has 0 atom stereocenters. The third-order valence-electron chi connectivity index (χ3n) is 3.86. The molecular weight excluding hydrogens is 444 g/mol. The lowest BCUT2D eigenvalue weighted by molar-refractivity contribution is 0.0601. The number of nitrogens with one attached hydrogen (secondary N) is 2. The highest BCUT2D eigenvalue weighted by Gasteiger charge is 2.11. The van der Waals surface area contributed by atoms with E-state index in [9.17, 15) is 4.79 Å². The monoisotopic (exact) mass is 460 g/mol. The number of carbonyl (C=O) groups is 1. The van der Waals surface area contributed by atoms with Gasteiger partial charge in [-0.25, -0.2) is 4.79 Å². The summed E-state index contributed by atoms with van der Waals surface area (Å²) < 4.78 is 10.9. The Morgan fingerprint density at radius 2 is 2.11 bits per heavy atom. The number of rotatable bonds is 5. The van der Waals surface area contributed by atoms with Crippen molar-refractivity contribution in [3.8, 4) is 11.4 Å². The lowest BCUT2D eigenvalue weighted by Gasteiger charge is -2.12. The van der Waals surface area contributed by atoms with Crippen LogP contribution < -0.4 is 10.6 Å². The summed E-state index contributed by atoms with van der Waals surface area (Å²) in [5.74, 6) is 0.491. The van der Waals surface area contributed by atoms with E-state index in [0.29, 0.717) is 28.1 Å².